The lowest BCUT2D eigenvalue weighted by Crippen LogP contribution is -2.48. The molecule has 22 nitrogen and oxygen atoms in total. The normalized spacial score (nSPS) is 20.5. The van der Waals surface area contributed by atoms with E-state index >= 15 is 8.78 Å². The van der Waals surface area contributed by atoms with Crippen molar-refractivity contribution in [1.29, 1.82) is 0 Å². The monoisotopic (exact) mass is 1420 g/mol. The second kappa shape index (κ2) is 32.1. The van der Waals surface area contributed by atoms with Crippen LogP contribution in [0.25, 0.3) is 20.9 Å². The largest absolute Gasteiger partial charge is 0.472 e. The van der Waals surface area contributed by atoms with E-state index in [1.807, 2.05) is 115 Å². The highest BCUT2D eigenvalue weighted by atomic mass is 32.1. The summed E-state index contributed by atoms with van der Waals surface area (Å²) in [4.78, 5) is 97.0. The Kier molecular flexibility index (Phi) is 24.6. The molecular weight excluding hydrogens is 1330 g/mol. The third kappa shape index (κ3) is 19.5. The van der Waals surface area contributed by atoms with E-state index in [4.69, 9.17) is 28.0 Å². The van der Waals surface area contributed by atoms with E-state index in [2.05, 4.69) is 20.3 Å². The van der Waals surface area contributed by atoms with Crippen molar-refractivity contribution in [2.75, 3.05) is 52.5 Å². The van der Waals surface area contributed by atoms with Gasteiger partial charge < -0.3 is 57.8 Å². The van der Waals surface area contributed by atoms with Crippen molar-refractivity contribution in [3.05, 3.63) is 106 Å². The van der Waals surface area contributed by atoms with Gasteiger partial charge in [0.15, 0.2) is 23.1 Å². The Morgan fingerprint density at radius 2 is 0.910 bits per heavy atom. The molecule has 4 fully saturated rings. The minimum atomic E-state index is -1.68. The van der Waals surface area contributed by atoms with Gasteiger partial charge in [0.2, 0.25) is 11.8 Å². The minimum Gasteiger partial charge on any atom is -0.472 e. The predicted molar refractivity (Wildman–Crippen MR) is 374 cm³/mol. The number of halogens is 2. The molecule has 2 N–H and O–H groups in total. The van der Waals surface area contributed by atoms with Crippen LogP contribution < -0.4 is 9.47 Å². The van der Waals surface area contributed by atoms with Crippen LogP contribution in [-0.2, 0) is 28.7 Å². The van der Waals surface area contributed by atoms with Crippen molar-refractivity contribution < 1.29 is 75.8 Å². The number of rotatable bonds is 22. The van der Waals surface area contributed by atoms with Crippen molar-refractivity contribution in [1.82, 2.24) is 39.9 Å². The second-order valence-electron chi connectivity index (χ2n) is 30.1. The van der Waals surface area contributed by atoms with Gasteiger partial charge in [0.25, 0.3) is 11.8 Å². The molecule has 4 amide bonds. The molecule has 6 aromatic rings. The molecule has 4 aliphatic heterocycles. The molecule has 8 atom stereocenters. The highest BCUT2D eigenvalue weighted by molar-refractivity contribution is 7.13. The number of benzene rings is 2. The van der Waals surface area contributed by atoms with Crippen LogP contribution in [0, 0.1) is 25.7 Å². The van der Waals surface area contributed by atoms with Crippen molar-refractivity contribution in [2.24, 2.45) is 11.8 Å². The molecule has 0 spiro atoms. The molecule has 0 aliphatic carbocycles. The van der Waals surface area contributed by atoms with Gasteiger partial charge in [0.05, 0.1) is 56.5 Å². The minimum absolute atomic E-state index is 0.0396. The number of ether oxygens (including phenoxy) is 4. The van der Waals surface area contributed by atoms with Crippen molar-refractivity contribution in [3.8, 4) is 32.6 Å². The molecule has 4 saturated heterocycles. The number of β-amino-alcohol motifs (C(OH)–C–C–N with tert-alkyl or cyclic N) is 2. The number of Topliss-reactive ketones (excluding diaryl/α,β-unsaturated/α-hetero) is 2. The van der Waals surface area contributed by atoms with Crippen LogP contribution in [-0.4, -0.2) is 185 Å². The van der Waals surface area contributed by atoms with E-state index in [1.165, 1.54) is 31.7 Å². The molecular formula is C74H98F2N8O14S2. The van der Waals surface area contributed by atoms with E-state index in [0.29, 0.717) is 0 Å². The molecule has 100 heavy (non-hydrogen) atoms. The van der Waals surface area contributed by atoms with Gasteiger partial charge in [-0.15, -0.1) is 22.7 Å². The van der Waals surface area contributed by atoms with E-state index in [9.17, 15) is 39.0 Å². The number of piperidine rings is 2. The fourth-order valence-electron chi connectivity index (χ4n) is 13.3. The number of aromatic nitrogens is 4. The average Bonchev–Trinajstić information content (AvgIpc) is 1.25. The van der Waals surface area contributed by atoms with E-state index in [1.54, 1.807) is 64.2 Å². The average molecular weight is 1430 g/mol. The zero-order valence-corrected chi connectivity index (χ0v) is 61.6. The number of carbonyl (C=O) groups excluding carboxylic acids is 6. The maximum Gasteiger partial charge on any atom is 0.410 e. The quantitative estimate of drug-likeness (QED) is 0.0639. The molecule has 8 heterocycles. The van der Waals surface area contributed by atoms with E-state index < -0.39 is 70.9 Å². The number of hydrogen-bond acceptors (Lipinski definition) is 20. The molecule has 0 bridgehead atoms. The zero-order chi connectivity index (χ0) is 72.8. The Morgan fingerprint density at radius 3 is 1.21 bits per heavy atom. The number of hydrogen-bond donors (Lipinski definition) is 2. The number of aliphatic hydroxyl groups excluding tert-OH is 2. The summed E-state index contributed by atoms with van der Waals surface area (Å²) in [5, 5.41) is 29.1. The van der Waals surface area contributed by atoms with Crippen molar-refractivity contribution >= 4 is 58.2 Å². The summed E-state index contributed by atoms with van der Waals surface area (Å²) in [5.74, 6) is -2.57. The summed E-state index contributed by atoms with van der Waals surface area (Å²) < 4.78 is 64.6. The standard InChI is InChI=1S/2C37H49FN4O7S/c2*1-22(2)32(30-18-31(40-49-30)47-20-37(38)12-14-41(15-13-37)35(46)48-36(5,6)7)34(45)42-19-27(43)17-28(42)29(44)16-23(3)25-8-10-26(11-9-25)33-24(4)39-21-50-33/h2*8-11,18,21-23,27-28,32,43H,12-17,19-20H2,1-7H3/t23-,27-,28+,32+;23-,27-,28+,32-/m11/s1. The Hall–Kier alpha value is -7.68. The predicted octanol–water partition coefficient (Wildman–Crippen LogP) is 13.4. The first-order chi connectivity index (χ1) is 47.1. The number of thiazole rings is 2. The van der Waals surface area contributed by atoms with Crippen LogP contribution in [0.1, 0.15) is 192 Å². The Morgan fingerprint density at radius 1 is 0.570 bits per heavy atom. The Bertz CT molecular complexity index is 3520. The first kappa shape index (κ1) is 76.5. The number of carbonyl (C=O) groups is 6. The van der Waals surface area contributed by atoms with Crippen LogP contribution in [0.4, 0.5) is 18.4 Å². The maximum absolute atomic E-state index is 15.6. The van der Waals surface area contributed by atoms with Crippen molar-refractivity contribution in [3.63, 3.8) is 0 Å². The lowest BCUT2D eigenvalue weighted by molar-refractivity contribution is -0.140. The molecule has 0 saturated carbocycles. The molecule has 4 aliphatic rings. The summed E-state index contributed by atoms with van der Waals surface area (Å²) in [5.41, 5.74) is 5.16. The number of alkyl halides is 2. The van der Waals surface area contributed by atoms with Gasteiger partial charge in [-0.1, -0.05) is 90.1 Å². The fraction of sp³-hybridized carbons (Fsp3) is 0.595. The molecule has 0 radical (unpaired) electrons. The third-order valence-corrected chi connectivity index (χ3v) is 20.9. The zero-order valence-electron chi connectivity index (χ0n) is 60.0. The van der Waals surface area contributed by atoms with Crippen molar-refractivity contribution in [2.45, 2.75) is 219 Å². The fourth-order valence-corrected chi connectivity index (χ4v) is 14.9. The number of nitrogens with zero attached hydrogens (tertiary/aromatic N) is 8. The molecule has 26 heteroatoms. The van der Waals surface area contributed by atoms with Gasteiger partial charge in [-0.05, 0) is 112 Å². The highest BCUT2D eigenvalue weighted by Gasteiger charge is 2.47. The van der Waals surface area contributed by atoms with Crippen LogP contribution >= 0.6 is 22.7 Å². The Balaban J connectivity index is 0.000000233. The lowest BCUT2D eigenvalue weighted by atomic mass is 9.89. The molecule has 4 aromatic heterocycles. The van der Waals surface area contributed by atoms with Gasteiger partial charge in [-0.3, -0.25) is 19.2 Å². The molecule has 544 valence electrons. The molecule has 10 rings (SSSR count). The number of likely N-dealkylation sites (tertiary alicyclic amines) is 4. The summed E-state index contributed by atoms with van der Waals surface area (Å²) in [6.07, 6.45) is -1.52. The van der Waals surface area contributed by atoms with Gasteiger partial charge >= 0.3 is 12.2 Å². The summed E-state index contributed by atoms with van der Waals surface area (Å²) in [6.45, 7) is 26.4. The van der Waals surface area contributed by atoms with Crippen LogP contribution in [0.15, 0.2) is 80.7 Å². The SMILES string of the molecule is Cc1ncsc1-c1ccc([C@H](C)CC(=O)[C@@H]2C[C@@H](O)CN2C(=O)[C@@H](c2cc(OCC3(F)CCN(C(=O)OC(C)(C)C)CC3)no2)C(C)C)cc1.Cc1ncsc1-c1ccc([C@H](C)CC(=O)[C@@H]2C[C@@H](O)CN2C(=O)[C@H](c2cc(OCC3(F)CCN(C(=O)OC(C)(C)C)CC3)no2)C(C)C)cc1. The Labute approximate surface area is 592 Å². The molecule has 2 aromatic carbocycles. The van der Waals surface area contributed by atoms with Crippen LogP contribution in [0.5, 0.6) is 11.8 Å². The maximum atomic E-state index is 15.6. The topological polar surface area (TPSA) is 271 Å². The van der Waals surface area contributed by atoms with Gasteiger partial charge in [0, 0.05) is 103 Å². The summed E-state index contributed by atoms with van der Waals surface area (Å²) in [6, 6.07) is 17.7. The number of amides is 4. The van der Waals surface area contributed by atoms with Gasteiger partial charge in [0.1, 0.15) is 47.6 Å². The first-order valence-corrected chi connectivity index (χ1v) is 36.4. The van der Waals surface area contributed by atoms with Crippen LogP contribution in [0.2, 0.25) is 0 Å². The number of aliphatic hydroxyl groups is 2. The number of aryl methyl sites for hydroxylation is 2. The van der Waals surface area contributed by atoms with Gasteiger partial charge in [-0.2, -0.15) is 0 Å². The molecule has 0 unspecified atom stereocenters. The third-order valence-electron chi connectivity index (χ3n) is 18.9. The summed E-state index contributed by atoms with van der Waals surface area (Å²) in [7, 11) is 0. The van der Waals surface area contributed by atoms with E-state index in [-0.39, 0.29) is 174 Å². The second-order valence-corrected chi connectivity index (χ2v) is 31.8. The summed E-state index contributed by atoms with van der Waals surface area (Å²) >= 11 is 3.18. The van der Waals surface area contributed by atoms with Gasteiger partial charge in [-0.25, -0.2) is 28.3 Å². The first-order valence-electron chi connectivity index (χ1n) is 34.6. The smallest absolute Gasteiger partial charge is 0.410 e. The van der Waals surface area contributed by atoms with Crippen LogP contribution in [0.3, 0.4) is 0 Å². The number of ketones is 2. The highest BCUT2D eigenvalue weighted by Crippen LogP contribution is 2.39. The van der Waals surface area contributed by atoms with E-state index in [0.717, 1.165) is 43.4 Å². The lowest BCUT2D eigenvalue weighted by Gasteiger charge is -2.36.